The maximum atomic E-state index is 11.7. The van der Waals surface area contributed by atoms with Gasteiger partial charge in [0.1, 0.15) is 0 Å². The molecule has 0 bridgehead atoms. The van der Waals surface area contributed by atoms with Gasteiger partial charge in [0.15, 0.2) is 5.96 Å². The molecule has 0 aliphatic rings. The van der Waals surface area contributed by atoms with Crippen LogP contribution in [0.4, 0.5) is 0 Å². The van der Waals surface area contributed by atoms with Gasteiger partial charge in [-0.15, -0.1) is 0 Å². The van der Waals surface area contributed by atoms with E-state index in [9.17, 15) is 13.2 Å². The number of hydrogen-bond donors (Lipinski definition) is 3. The molecule has 9 heteroatoms. The minimum Gasteiger partial charge on any atom is -0.357 e. The predicted octanol–water partition coefficient (Wildman–Crippen LogP) is 0.815. The van der Waals surface area contributed by atoms with Crippen LogP contribution in [0.3, 0.4) is 0 Å². The number of nitrogens with one attached hydrogen (secondary N) is 3. The molecular weight excluding hydrogens is 378 g/mol. The highest BCUT2D eigenvalue weighted by Crippen LogP contribution is 2.05. The number of guanidine groups is 1. The van der Waals surface area contributed by atoms with Gasteiger partial charge < -0.3 is 16.0 Å². The normalized spacial score (nSPS) is 12.1. The van der Waals surface area contributed by atoms with Gasteiger partial charge in [-0.25, -0.2) is 12.7 Å². The van der Waals surface area contributed by atoms with E-state index >= 15 is 0 Å². The highest BCUT2D eigenvalue weighted by atomic mass is 32.2. The van der Waals surface area contributed by atoms with Crippen LogP contribution in [0.1, 0.15) is 36.2 Å². The summed E-state index contributed by atoms with van der Waals surface area (Å²) in [5, 5.41) is 9.08. The van der Waals surface area contributed by atoms with E-state index in [2.05, 4.69) is 20.9 Å². The van der Waals surface area contributed by atoms with E-state index in [0.29, 0.717) is 44.1 Å². The van der Waals surface area contributed by atoms with Crippen molar-refractivity contribution in [3.05, 3.63) is 35.4 Å². The molecule has 158 valence electrons. The van der Waals surface area contributed by atoms with E-state index in [1.54, 1.807) is 13.1 Å². The molecular formula is C19H33N5O3S. The van der Waals surface area contributed by atoms with E-state index in [0.717, 1.165) is 18.5 Å². The third-order valence-corrected chi connectivity index (χ3v) is 5.50. The standard InChI is InChI=1S/C19H33N5O3S/c1-5-21-19(22-12-8-14-24(6-2)28(4,26)27)23-13-11-16-9-7-10-17(15-16)18(25)20-3/h7,9-10,15H,5-6,8,11-14H2,1-4H3,(H,20,25)(H2,21,22,23). The molecule has 0 aliphatic heterocycles. The minimum atomic E-state index is -3.16. The molecule has 28 heavy (non-hydrogen) atoms. The molecule has 0 atom stereocenters. The summed E-state index contributed by atoms with van der Waals surface area (Å²) < 4.78 is 24.6. The summed E-state index contributed by atoms with van der Waals surface area (Å²) in [7, 11) is -1.54. The first-order valence-electron chi connectivity index (χ1n) is 9.60. The first-order valence-corrected chi connectivity index (χ1v) is 11.4. The molecule has 0 fully saturated rings. The minimum absolute atomic E-state index is 0.0973. The molecule has 1 amide bonds. The molecule has 0 saturated carbocycles. The highest BCUT2D eigenvalue weighted by molar-refractivity contribution is 7.88. The van der Waals surface area contributed by atoms with Crippen molar-refractivity contribution < 1.29 is 13.2 Å². The Morgan fingerprint density at radius 2 is 1.96 bits per heavy atom. The van der Waals surface area contributed by atoms with Crippen LogP contribution in [0.5, 0.6) is 0 Å². The number of amides is 1. The van der Waals surface area contributed by atoms with Crippen LogP contribution in [0.25, 0.3) is 0 Å². The number of sulfonamides is 1. The predicted molar refractivity (Wildman–Crippen MR) is 114 cm³/mol. The SMILES string of the molecule is CCNC(=NCCCN(CC)S(C)(=O)=O)NCCc1cccc(C(=O)NC)c1. The lowest BCUT2D eigenvalue weighted by molar-refractivity contribution is 0.0963. The van der Waals surface area contributed by atoms with Gasteiger partial charge in [0.2, 0.25) is 10.0 Å². The Hall–Kier alpha value is -2.13. The quantitative estimate of drug-likeness (QED) is 0.284. The van der Waals surface area contributed by atoms with Crippen molar-refractivity contribution in [3.63, 3.8) is 0 Å². The number of hydrogen-bond acceptors (Lipinski definition) is 4. The maximum absolute atomic E-state index is 11.7. The molecule has 1 rings (SSSR count). The zero-order chi connectivity index (χ0) is 21.0. The van der Waals surface area contributed by atoms with Gasteiger partial charge in [-0.05, 0) is 37.5 Å². The second-order valence-electron chi connectivity index (χ2n) is 6.33. The Bertz CT molecular complexity index is 750. The summed E-state index contributed by atoms with van der Waals surface area (Å²) in [4.78, 5) is 16.2. The van der Waals surface area contributed by atoms with Crippen molar-refractivity contribution in [2.45, 2.75) is 26.7 Å². The third-order valence-electron chi connectivity index (χ3n) is 4.12. The summed E-state index contributed by atoms with van der Waals surface area (Å²) >= 11 is 0. The van der Waals surface area contributed by atoms with Gasteiger partial charge in [0.05, 0.1) is 6.26 Å². The third kappa shape index (κ3) is 8.71. The van der Waals surface area contributed by atoms with Gasteiger partial charge in [-0.1, -0.05) is 19.1 Å². The fourth-order valence-electron chi connectivity index (χ4n) is 2.68. The second-order valence-corrected chi connectivity index (χ2v) is 8.31. The Labute approximate surface area is 168 Å². The summed E-state index contributed by atoms with van der Waals surface area (Å²) in [5.41, 5.74) is 1.71. The van der Waals surface area contributed by atoms with Crippen molar-refractivity contribution in [2.75, 3.05) is 46.0 Å². The zero-order valence-corrected chi connectivity index (χ0v) is 18.1. The van der Waals surface area contributed by atoms with Crippen molar-refractivity contribution >= 4 is 21.9 Å². The van der Waals surface area contributed by atoms with E-state index < -0.39 is 10.0 Å². The van der Waals surface area contributed by atoms with Crippen LogP contribution in [0.15, 0.2) is 29.3 Å². The number of carbonyl (C=O) groups is 1. The molecule has 0 aromatic heterocycles. The molecule has 1 aromatic rings. The molecule has 0 unspecified atom stereocenters. The monoisotopic (exact) mass is 411 g/mol. The second kappa shape index (κ2) is 12.4. The fraction of sp³-hybridized carbons (Fsp3) is 0.579. The van der Waals surface area contributed by atoms with Gasteiger partial charge in [-0.2, -0.15) is 0 Å². The zero-order valence-electron chi connectivity index (χ0n) is 17.3. The smallest absolute Gasteiger partial charge is 0.251 e. The summed E-state index contributed by atoms with van der Waals surface area (Å²) in [6.45, 7) is 6.70. The van der Waals surface area contributed by atoms with Gasteiger partial charge in [0, 0.05) is 45.3 Å². The largest absolute Gasteiger partial charge is 0.357 e. The molecule has 0 saturated heterocycles. The van der Waals surface area contributed by atoms with Crippen LogP contribution in [0.2, 0.25) is 0 Å². The van der Waals surface area contributed by atoms with Crippen LogP contribution in [0, 0.1) is 0 Å². The Morgan fingerprint density at radius 1 is 1.21 bits per heavy atom. The number of nitrogens with zero attached hydrogens (tertiary/aromatic N) is 2. The number of rotatable bonds is 11. The molecule has 0 spiro atoms. The van der Waals surface area contributed by atoms with Crippen LogP contribution in [-0.2, 0) is 16.4 Å². The number of benzene rings is 1. The lowest BCUT2D eigenvalue weighted by Gasteiger charge is -2.17. The lowest BCUT2D eigenvalue weighted by atomic mass is 10.1. The number of carbonyl (C=O) groups excluding carboxylic acids is 1. The van der Waals surface area contributed by atoms with E-state index in [1.165, 1.54) is 10.6 Å². The van der Waals surface area contributed by atoms with E-state index in [1.807, 2.05) is 32.0 Å². The molecule has 1 aromatic carbocycles. The maximum Gasteiger partial charge on any atom is 0.251 e. The van der Waals surface area contributed by atoms with Gasteiger partial charge in [0.25, 0.3) is 5.91 Å². The molecule has 0 radical (unpaired) electrons. The van der Waals surface area contributed by atoms with Crippen molar-refractivity contribution in [2.24, 2.45) is 4.99 Å². The van der Waals surface area contributed by atoms with Gasteiger partial charge in [-0.3, -0.25) is 9.79 Å². The topological polar surface area (TPSA) is 103 Å². The van der Waals surface area contributed by atoms with Crippen molar-refractivity contribution in [3.8, 4) is 0 Å². The first kappa shape index (κ1) is 23.9. The van der Waals surface area contributed by atoms with Crippen molar-refractivity contribution in [1.82, 2.24) is 20.3 Å². The first-order chi connectivity index (χ1) is 13.3. The van der Waals surface area contributed by atoms with Crippen LogP contribution >= 0.6 is 0 Å². The molecule has 0 aliphatic carbocycles. The Morgan fingerprint density at radius 3 is 2.57 bits per heavy atom. The summed E-state index contributed by atoms with van der Waals surface area (Å²) in [6.07, 6.45) is 2.64. The van der Waals surface area contributed by atoms with Crippen LogP contribution in [-0.4, -0.2) is 70.6 Å². The van der Waals surface area contributed by atoms with E-state index in [-0.39, 0.29) is 5.91 Å². The van der Waals surface area contributed by atoms with Crippen molar-refractivity contribution in [1.29, 1.82) is 0 Å². The molecule has 0 heterocycles. The Balaban J connectivity index is 2.52. The fourth-order valence-corrected chi connectivity index (χ4v) is 3.61. The number of aliphatic imine (C=N–C) groups is 1. The van der Waals surface area contributed by atoms with E-state index in [4.69, 9.17) is 0 Å². The summed E-state index contributed by atoms with van der Waals surface area (Å²) in [5.74, 6) is 0.604. The lowest BCUT2D eigenvalue weighted by Crippen LogP contribution is -2.38. The molecule has 3 N–H and O–H groups in total. The summed E-state index contributed by atoms with van der Waals surface area (Å²) in [6, 6.07) is 7.54. The molecule has 8 nitrogen and oxygen atoms in total. The van der Waals surface area contributed by atoms with Crippen LogP contribution < -0.4 is 16.0 Å². The Kier molecular flexibility index (Phi) is 10.5. The van der Waals surface area contributed by atoms with Gasteiger partial charge >= 0.3 is 0 Å². The average molecular weight is 412 g/mol. The average Bonchev–Trinajstić information content (AvgIpc) is 2.66. The highest BCUT2D eigenvalue weighted by Gasteiger charge is 2.13.